The topological polar surface area (TPSA) is 61.8 Å². The van der Waals surface area contributed by atoms with E-state index >= 15 is 0 Å². The second-order valence-corrected chi connectivity index (χ2v) is 5.11. The average Bonchev–Trinajstić information content (AvgIpc) is 2.43. The van der Waals surface area contributed by atoms with Crippen molar-refractivity contribution in [3.05, 3.63) is 35.4 Å². The third kappa shape index (κ3) is 5.30. The molecule has 4 heteroatoms. The fraction of sp³-hybridized carbons (Fsp3) is 0.533. The number of oxime groups is 1. The van der Waals surface area contributed by atoms with Crippen molar-refractivity contribution in [1.29, 1.82) is 0 Å². The van der Waals surface area contributed by atoms with Gasteiger partial charge in [0.1, 0.15) is 5.84 Å². The Bertz CT molecular complexity index is 398. The summed E-state index contributed by atoms with van der Waals surface area (Å²) < 4.78 is 0. The minimum absolute atomic E-state index is 0.286. The first-order valence-electron chi connectivity index (χ1n) is 6.84. The van der Waals surface area contributed by atoms with E-state index < -0.39 is 0 Å². The normalized spacial score (nSPS) is 12.4. The molecule has 0 saturated heterocycles. The zero-order valence-electron chi connectivity index (χ0n) is 12.1. The van der Waals surface area contributed by atoms with Crippen LogP contribution in [0.3, 0.4) is 0 Å². The van der Waals surface area contributed by atoms with Crippen molar-refractivity contribution in [1.82, 2.24) is 4.90 Å². The zero-order chi connectivity index (χ0) is 14.3. The predicted molar refractivity (Wildman–Crippen MR) is 79.5 cm³/mol. The van der Waals surface area contributed by atoms with Crippen molar-refractivity contribution in [2.75, 3.05) is 13.1 Å². The summed E-state index contributed by atoms with van der Waals surface area (Å²) in [5, 5.41) is 11.5. The van der Waals surface area contributed by atoms with Crippen molar-refractivity contribution in [2.24, 2.45) is 10.9 Å². The summed E-state index contributed by atoms with van der Waals surface area (Å²) >= 11 is 0. The van der Waals surface area contributed by atoms with Crippen LogP contribution in [0.2, 0.25) is 0 Å². The first kappa shape index (κ1) is 15.5. The van der Waals surface area contributed by atoms with Crippen molar-refractivity contribution in [3.8, 4) is 0 Å². The van der Waals surface area contributed by atoms with E-state index in [1.807, 2.05) is 0 Å². The van der Waals surface area contributed by atoms with E-state index in [4.69, 9.17) is 10.9 Å². The van der Waals surface area contributed by atoms with Crippen LogP contribution in [0.15, 0.2) is 29.4 Å². The Morgan fingerprint density at radius 2 is 1.95 bits per heavy atom. The Morgan fingerprint density at radius 3 is 2.42 bits per heavy atom. The van der Waals surface area contributed by atoms with Gasteiger partial charge in [0.25, 0.3) is 0 Å². The first-order valence-corrected chi connectivity index (χ1v) is 6.84. The Morgan fingerprint density at radius 1 is 1.32 bits per heavy atom. The van der Waals surface area contributed by atoms with Gasteiger partial charge in [-0.05, 0) is 23.6 Å². The molecule has 0 aliphatic rings. The van der Waals surface area contributed by atoms with Gasteiger partial charge in [-0.15, -0.1) is 0 Å². The Kier molecular flexibility index (Phi) is 6.36. The quantitative estimate of drug-likeness (QED) is 0.344. The third-order valence-electron chi connectivity index (χ3n) is 3.31. The van der Waals surface area contributed by atoms with E-state index in [9.17, 15) is 0 Å². The van der Waals surface area contributed by atoms with Gasteiger partial charge in [0.2, 0.25) is 0 Å². The number of hydrogen-bond acceptors (Lipinski definition) is 3. The molecule has 19 heavy (non-hydrogen) atoms. The van der Waals surface area contributed by atoms with Crippen LogP contribution >= 0.6 is 0 Å². The molecule has 4 nitrogen and oxygen atoms in total. The summed E-state index contributed by atoms with van der Waals surface area (Å²) in [4.78, 5) is 2.28. The molecule has 0 saturated carbocycles. The maximum absolute atomic E-state index is 8.54. The molecule has 1 aromatic rings. The highest BCUT2D eigenvalue weighted by Gasteiger charge is 2.06. The van der Waals surface area contributed by atoms with Crippen LogP contribution in [0.25, 0.3) is 0 Å². The summed E-state index contributed by atoms with van der Waals surface area (Å²) in [6.07, 6.45) is 0.592. The fourth-order valence-corrected chi connectivity index (χ4v) is 1.94. The SMILES string of the molecule is CCN(CC/C(N)=N/O)Cc1ccc(C(C)C)cc1. The van der Waals surface area contributed by atoms with Crippen LogP contribution in [0.1, 0.15) is 44.2 Å². The molecular formula is C15H25N3O. The molecule has 0 radical (unpaired) electrons. The molecule has 0 bridgehead atoms. The first-order chi connectivity index (χ1) is 9.06. The maximum atomic E-state index is 8.54. The summed E-state index contributed by atoms with van der Waals surface area (Å²) in [6.45, 7) is 9.17. The Balaban J connectivity index is 2.55. The standard InChI is InChI=1S/C15H25N3O/c1-4-18(10-9-15(16)17-19)11-13-5-7-14(8-6-13)12(2)3/h5-8,12,19H,4,9-11H2,1-3H3,(H2,16,17). The fourth-order valence-electron chi connectivity index (χ4n) is 1.94. The number of hydrogen-bond donors (Lipinski definition) is 2. The lowest BCUT2D eigenvalue weighted by atomic mass is 10.0. The van der Waals surface area contributed by atoms with Crippen LogP contribution in [0, 0.1) is 0 Å². The van der Waals surface area contributed by atoms with E-state index in [0.717, 1.165) is 19.6 Å². The maximum Gasteiger partial charge on any atom is 0.140 e. The van der Waals surface area contributed by atoms with Gasteiger partial charge in [-0.25, -0.2) is 0 Å². The molecule has 0 atom stereocenters. The molecule has 0 aliphatic carbocycles. The van der Waals surface area contributed by atoms with Gasteiger partial charge >= 0.3 is 0 Å². The largest absolute Gasteiger partial charge is 0.409 e. The smallest absolute Gasteiger partial charge is 0.140 e. The van der Waals surface area contributed by atoms with Gasteiger partial charge in [-0.3, -0.25) is 4.90 Å². The van der Waals surface area contributed by atoms with Gasteiger partial charge in [-0.1, -0.05) is 50.2 Å². The minimum atomic E-state index is 0.286. The van der Waals surface area contributed by atoms with Gasteiger partial charge in [0.05, 0.1) is 0 Å². The van der Waals surface area contributed by atoms with Gasteiger partial charge in [0, 0.05) is 19.5 Å². The van der Waals surface area contributed by atoms with Crippen LogP contribution in [-0.4, -0.2) is 29.0 Å². The number of amidine groups is 1. The molecule has 0 fully saturated rings. The summed E-state index contributed by atoms with van der Waals surface area (Å²) in [7, 11) is 0. The number of nitrogens with two attached hydrogens (primary N) is 1. The van der Waals surface area contributed by atoms with Crippen molar-refractivity contribution in [2.45, 2.75) is 39.7 Å². The molecule has 3 N–H and O–H groups in total. The Hall–Kier alpha value is -1.55. The van der Waals surface area contributed by atoms with Crippen molar-refractivity contribution < 1.29 is 5.21 Å². The summed E-state index contributed by atoms with van der Waals surface area (Å²) in [5.41, 5.74) is 8.16. The number of benzene rings is 1. The lowest BCUT2D eigenvalue weighted by molar-refractivity contribution is 0.283. The number of rotatable bonds is 7. The minimum Gasteiger partial charge on any atom is -0.409 e. The highest BCUT2D eigenvalue weighted by atomic mass is 16.4. The van der Waals surface area contributed by atoms with E-state index in [1.54, 1.807) is 0 Å². The van der Waals surface area contributed by atoms with Crippen molar-refractivity contribution >= 4 is 5.84 Å². The number of nitrogens with zero attached hydrogens (tertiary/aromatic N) is 2. The van der Waals surface area contributed by atoms with E-state index in [2.05, 4.69) is 55.1 Å². The molecule has 0 heterocycles. The molecule has 0 aliphatic heterocycles. The third-order valence-corrected chi connectivity index (χ3v) is 3.31. The lowest BCUT2D eigenvalue weighted by Crippen LogP contribution is -2.27. The molecule has 0 unspecified atom stereocenters. The highest BCUT2D eigenvalue weighted by molar-refractivity contribution is 5.79. The molecular weight excluding hydrogens is 238 g/mol. The second kappa shape index (κ2) is 7.79. The molecule has 106 valence electrons. The molecule has 1 aromatic carbocycles. The highest BCUT2D eigenvalue weighted by Crippen LogP contribution is 2.15. The molecule has 1 rings (SSSR count). The van der Waals surface area contributed by atoms with E-state index in [-0.39, 0.29) is 5.84 Å². The average molecular weight is 263 g/mol. The Labute approximate surface area is 115 Å². The van der Waals surface area contributed by atoms with E-state index in [1.165, 1.54) is 11.1 Å². The monoisotopic (exact) mass is 263 g/mol. The predicted octanol–water partition coefficient (Wildman–Crippen LogP) is 2.77. The van der Waals surface area contributed by atoms with Crippen LogP contribution in [-0.2, 0) is 6.54 Å². The van der Waals surface area contributed by atoms with Crippen LogP contribution < -0.4 is 5.73 Å². The molecule has 0 amide bonds. The molecule has 0 aromatic heterocycles. The van der Waals surface area contributed by atoms with Gasteiger partial charge < -0.3 is 10.9 Å². The summed E-state index contributed by atoms with van der Waals surface area (Å²) in [6, 6.07) is 8.75. The van der Waals surface area contributed by atoms with Gasteiger partial charge in [-0.2, -0.15) is 0 Å². The second-order valence-electron chi connectivity index (χ2n) is 5.11. The van der Waals surface area contributed by atoms with Crippen LogP contribution in [0.4, 0.5) is 0 Å². The lowest BCUT2D eigenvalue weighted by Gasteiger charge is -2.20. The molecule has 0 spiro atoms. The zero-order valence-corrected chi connectivity index (χ0v) is 12.1. The van der Waals surface area contributed by atoms with E-state index in [0.29, 0.717) is 12.3 Å². The van der Waals surface area contributed by atoms with Crippen LogP contribution in [0.5, 0.6) is 0 Å². The van der Waals surface area contributed by atoms with Crippen molar-refractivity contribution in [3.63, 3.8) is 0 Å². The summed E-state index contributed by atoms with van der Waals surface area (Å²) in [5.74, 6) is 0.852. The van der Waals surface area contributed by atoms with Gasteiger partial charge in [0.15, 0.2) is 0 Å².